The van der Waals surface area contributed by atoms with Gasteiger partial charge in [-0.25, -0.2) is 4.39 Å². The van der Waals surface area contributed by atoms with Gasteiger partial charge in [-0.3, -0.25) is 14.4 Å². The third kappa shape index (κ3) is 6.65. The molecule has 0 saturated heterocycles. The molecule has 0 fully saturated rings. The van der Waals surface area contributed by atoms with Crippen LogP contribution in [0.5, 0.6) is 0 Å². The molecule has 7 nitrogen and oxygen atoms in total. The van der Waals surface area contributed by atoms with Crippen LogP contribution in [0.4, 0.5) is 4.39 Å². The molecular weight excluding hydrogens is 511 g/mol. The molecule has 4 aromatic rings. The number of nitrogens with zero attached hydrogens (tertiary/aromatic N) is 2. The van der Waals surface area contributed by atoms with E-state index in [2.05, 4.69) is 0 Å². The van der Waals surface area contributed by atoms with Gasteiger partial charge in [0.2, 0.25) is 5.91 Å². The highest BCUT2D eigenvalue weighted by Crippen LogP contribution is 2.16. The first-order valence-corrected chi connectivity index (χ1v) is 12.3. The predicted octanol–water partition coefficient (Wildman–Crippen LogP) is 4.90. The molecule has 0 radical (unpaired) electrons. The number of carbonyl (C=O) groups is 2. The highest BCUT2D eigenvalue weighted by Gasteiger charge is 2.24. The zero-order valence-electron chi connectivity index (χ0n) is 20.7. The molecule has 0 aliphatic carbocycles. The standard InChI is InChI=1S/C29H26ClFN2O5/c1-37-15-14-32(29(36)21-8-10-23(30)11-9-21)18-27(34)33(16-20-6-12-24(31)13-7-20)17-22-19-38-26-5-3-2-4-25(26)28(22)35/h2-13,19H,14-18H2,1H3. The fourth-order valence-electron chi connectivity index (χ4n) is 3.97. The van der Waals surface area contributed by atoms with Crippen molar-refractivity contribution in [3.05, 3.63) is 117 Å². The van der Waals surface area contributed by atoms with E-state index in [1.807, 2.05) is 0 Å². The van der Waals surface area contributed by atoms with Crippen LogP contribution in [-0.4, -0.2) is 48.4 Å². The van der Waals surface area contributed by atoms with Crippen molar-refractivity contribution >= 4 is 34.4 Å². The third-order valence-corrected chi connectivity index (χ3v) is 6.27. The maximum absolute atomic E-state index is 13.6. The number of hydrogen-bond acceptors (Lipinski definition) is 5. The molecule has 0 N–H and O–H groups in total. The molecular formula is C29H26ClFN2O5. The maximum Gasteiger partial charge on any atom is 0.254 e. The summed E-state index contributed by atoms with van der Waals surface area (Å²) in [5.74, 6) is -1.17. The highest BCUT2D eigenvalue weighted by atomic mass is 35.5. The van der Waals surface area contributed by atoms with Crippen LogP contribution in [0.25, 0.3) is 11.0 Å². The maximum atomic E-state index is 13.6. The Hall–Kier alpha value is -4.01. The van der Waals surface area contributed by atoms with Gasteiger partial charge in [0.25, 0.3) is 5.91 Å². The monoisotopic (exact) mass is 536 g/mol. The number of methoxy groups -OCH3 is 1. The molecule has 1 heterocycles. The molecule has 0 bridgehead atoms. The molecule has 0 aliphatic heterocycles. The fourth-order valence-corrected chi connectivity index (χ4v) is 4.09. The summed E-state index contributed by atoms with van der Waals surface area (Å²) in [5, 5.41) is 0.888. The Kier molecular flexibility index (Phi) is 8.89. The number of carbonyl (C=O) groups excluding carboxylic acids is 2. The number of fused-ring (bicyclic) bond motifs is 1. The van der Waals surface area contributed by atoms with Crippen molar-refractivity contribution < 1.29 is 23.1 Å². The van der Waals surface area contributed by atoms with Crippen molar-refractivity contribution in [1.82, 2.24) is 9.80 Å². The van der Waals surface area contributed by atoms with Crippen molar-refractivity contribution in [2.45, 2.75) is 13.1 Å². The van der Waals surface area contributed by atoms with Crippen LogP contribution >= 0.6 is 11.6 Å². The van der Waals surface area contributed by atoms with E-state index in [1.54, 1.807) is 60.7 Å². The Morgan fingerprint density at radius 2 is 1.66 bits per heavy atom. The number of ether oxygens (including phenoxy) is 1. The van der Waals surface area contributed by atoms with Crippen LogP contribution in [0, 0.1) is 5.82 Å². The van der Waals surface area contributed by atoms with Gasteiger partial charge in [0.05, 0.1) is 30.4 Å². The first-order chi connectivity index (χ1) is 18.4. The minimum atomic E-state index is -0.402. The van der Waals surface area contributed by atoms with E-state index in [0.29, 0.717) is 27.1 Å². The number of benzene rings is 3. The molecule has 0 saturated carbocycles. The van der Waals surface area contributed by atoms with E-state index in [9.17, 15) is 18.8 Å². The van der Waals surface area contributed by atoms with Crippen LogP contribution in [0.15, 0.2) is 88.3 Å². The van der Waals surface area contributed by atoms with Gasteiger partial charge < -0.3 is 19.0 Å². The third-order valence-electron chi connectivity index (χ3n) is 6.02. The first kappa shape index (κ1) is 27.0. The van der Waals surface area contributed by atoms with E-state index in [1.165, 1.54) is 35.3 Å². The Balaban J connectivity index is 1.62. The summed E-state index contributed by atoms with van der Waals surface area (Å²) in [7, 11) is 1.51. The molecule has 0 aliphatic rings. The summed E-state index contributed by atoms with van der Waals surface area (Å²) >= 11 is 5.96. The van der Waals surface area contributed by atoms with Gasteiger partial charge in [0, 0.05) is 30.8 Å². The summed E-state index contributed by atoms with van der Waals surface area (Å²) < 4.78 is 24.3. The Labute approximate surface area is 224 Å². The van der Waals surface area contributed by atoms with E-state index >= 15 is 0 Å². The topological polar surface area (TPSA) is 80.1 Å². The lowest BCUT2D eigenvalue weighted by molar-refractivity contribution is -0.133. The van der Waals surface area contributed by atoms with Crippen molar-refractivity contribution in [2.24, 2.45) is 0 Å². The van der Waals surface area contributed by atoms with Crippen molar-refractivity contribution in [3.8, 4) is 0 Å². The molecule has 3 aromatic carbocycles. The zero-order valence-corrected chi connectivity index (χ0v) is 21.5. The second kappa shape index (κ2) is 12.5. The number of amides is 2. The Morgan fingerprint density at radius 1 is 0.947 bits per heavy atom. The van der Waals surface area contributed by atoms with Crippen LogP contribution in [0.2, 0.25) is 5.02 Å². The summed E-state index contributed by atoms with van der Waals surface area (Å²) in [6.45, 7) is 0.172. The van der Waals surface area contributed by atoms with Gasteiger partial charge in [-0.1, -0.05) is 35.9 Å². The Bertz CT molecular complexity index is 1470. The average molecular weight is 537 g/mol. The largest absolute Gasteiger partial charge is 0.464 e. The van der Waals surface area contributed by atoms with Crippen molar-refractivity contribution in [2.75, 3.05) is 26.8 Å². The van der Waals surface area contributed by atoms with E-state index in [-0.39, 0.29) is 49.7 Å². The smallest absolute Gasteiger partial charge is 0.254 e. The first-order valence-electron chi connectivity index (χ1n) is 11.9. The van der Waals surface area contributed by atoms with Gasteiger partial charge in [0.1, 0.15) is 17.9 Å². The second-order valence-corrected chi connectivity index (χ2v) is 9.13. The minimum absolute atomic E-state index is 0.0589. The summed E-state index contributed by atoms with van der Waals surface area (Å²) in [5.41, 5.74) is 1.51. The quantitative estimate of drug-likeness (QED) is 0.288. The summed E-state index contributed by atoms with van der Waals surface area (Å²) in [4.78, 5) is 42.8. The van der Waals surface area contributed by atoms with E-state index in [0.717, 1.165) is 0 Å². The van der Waals surface area contributed by atoms with Crippen LogP contribution in [-0.2, 0) is 22.6 Å². The lowest BCUT2D eigenvalue weighted by Crippen LogP contribution is -2.44. The average Bonchev–Trinajstić information content (AvgIpc) is 2.93. The van der Waals surface area contributed by atoms with Gasteiger partial charge >= 0.3 is 0 Å². The lowest BCUT2D eigenvalue weighted by Gasteiger charge is -2.28. The zero-order chi connectivity index (χ0) is 27.1. The molecule has 38 heavy (non-hydrogen) atoms. The highest BCUT2D eigenvalue weighted by molar-refractivity contribution is 6.30. The molecule has 1 aromatic heterocycles. The van der Waals surface area contributed by atoms with Gasteiger partial charge in [0.15, 0.2) is 5.43 Å². The molecule has 2 amide bonds. The molecule has 4 rings (SSSR count). The van der Waals surface area contributed by atoms with Gasteiger partial charge in [-0.15, -0.1) is 0 Å². The number of para-hydroxylation sites is 1. The summed E-state index contributed by atoms with van der Waals surface area (Å²) in [6, 6.07) is 19.0. The fraction of sp³-hybridized carbons (Fsp3) is 0.207. The van der Waals surface area contributed by atoms with E-state index in [4.69, 9.17) is 20.8 Å². The molecule has 0 spiro atoms. The Morgan fingerprint density at radius 3 is 2.37 bits per heavy atom. The van der Waals surface area contributed by atoms with E-state index < -0.39 is 11.7 Å². The second-order valence-electron chi connectivity index (χ2n) is 8.69. The number of rotatable bonds is 10. The van der Waals surface area contributed by atoms with Crippen molar-refractivity contribution in [1.29, 1.82) is 0 Å². The molecule has 0 atom stereocenters. The predicted molar refractivity (Wildman–Crippen MR) is 142 cm³/mol. The minimum Gasteiger partial charge on any atom is -0.464 e. The van der Waals surface area contributed by atoms with Gasteiger partial charge in [-0.05, 0) is 54.1 Å². The SMILES string of the molecule is COCCN(CC(=O)N(Cc1ccc(F)cc1)Cc1coc2ccccc2c1=O)C(=O)c1ccc(Cl)cc1. The normalized spacial score (nSPS) is 10.9. The van der Waals surface area contributed by atoms with Crippen LogP contribution < -0.4 is 5.43 Å². The number of hydrogen-bond donors (Lipinski definition) is 0. The lowest BCUT2D eigenvalue weighted by atomic mass is 10.1. The molecule has 196 valence electrons. The number of halogens is 2. The van der Waals surface area contributed by atoms with Gasteiger partial charge in [-0.2, -0.15) is 0 Å². The molecule has 0 unspecified atom stereocenters. The molecule has 9 heteroatoms. The summed E-state index contributed by atoms with van der Waals surface area (Å²) in [6.07, 6.45) is 1.34. The van der Waals surface area contributed by atoms with Crippen LogP contribution in [0.3, 0.4) is 0 Å². The van der Waals surface area contributed by atoms with Crippen molar-refractivity contribution in [3.63, 3.8) is 0 Å². The van der Waals surface area contributed by atoms with Crippen LogP contribution in [0.1, 0.15) is 21.5 Å².